The normalized spacial score (nSPS) is 11.4. The molecule has 1 amide bonds. The van der Waals surface area contributed by atoms with Crippen LogP contribution in [0.5, 0.6) is 0 Å². The maximum absolute atomic E-state index is 12.2. The fourth-order valence-electron chi connectivity index (χ4n) is 2.65. The van der Waals surface area contributed by atoms with E-state index in [1.165, 1.54) is 13.0 Å². The molecule has 1 heterocycles. The second-order valence-corrected chi connectivity index (χ2v) is 6.04. The quantitative estimate of drug-likeness (QED) is 0.655. The number of esters is 1. The number of amides is 1. The number of anilines is 1. The van der Waals surface area contributed by atoms with Gasteiger partial charge in [0.2, 0.25) is 0 Å². The number of aromatic amines is 1. The van der Waals surface area contributed by atoms with Crippen molar-refractivity contribution in [1.29, 1.82) is 5.26 Å². The Labute approximate surface area is 159 Å². The maximum atomic E-state index is 12.2. The van der Waals surface area contributed by atoms with E-state index in [0.29, 0.717) is 27.7 Å². The zero-order valence-corrected chi connectivity index (χ0v) is 14.9. The van der Waals surface area contributed by atoms with E-state index in [-0.39, 0.29) is 12.0 Å². The van der Waals surface area contributed by atoms with Crippen molar-refractivity contribution in [2.45, 2.75) is 19.4 Å². The molecule has 8 heteroatoms. The summed E-state index contributed by atoms with van der Waals surface area (Å²) < 4.78 is 5.18. The van der Waals surface area contributed by atoms with Gasteiger partial charge >= 0.3 is 5.97 Å². The van der Waals surface area contributed by atoms with E-state index in [1.807, 2.05) is 6.07 Å². The molecule has 3 aromatic rings. The number of nitrogens with zero attached hydrogens (tertiary/aromatic N) is 2. The van der Waals surface area contributed by atoms with Crippen LogP contribution in [0.3, 0.4) is 0 Å². The van der Waals surface area contributed by atoms with Gasteiger partial charge in [0, 0.05) is 11.1 Å². The summed E-state index contributed by atoms with van der Waals surface area (Å²) in [7, 11) is 0. The molecule has 0 radical (unpaired) electrons. The standard InChI is InChI=1S/C20H16N4O4/c1-12(19(26)22-14-6-4-5-13(9-14)11-21)28-18(25)10-17-15-7-2-3-8-16(15)20(27)24-23-17/h2-9,12H,10H2,1H3,(H,22,26)(H,24,27)/t12-/m0/s1. The van der Waals surface area contributed by atoms with Crippen molar-refractivity contribution in [2.75, 3.05) is 5.32 Å². The molecule has 0 saturated heterocycles. The van der Waals surface area contributed by atoms with Crippen LogP contribution in [0, 0.1) is 11.3 Å². The number of nitrogens with one attached hydrogen (secondary N) is 2. The Morgan fingerprint density at radius 3 is 2.71 bits per heavy atom. The number of benzene rings is 2. The summed E-state index contributed by atoms with van der Waals surface area (Å²) in [5.41, 5.74) is 0.841. The summed E-state index contributed by atoms with van der Waals surface area (Å²) in [6, 6.07) is 15.2. The van der Waals surface area contributed by atoms with E-state index in [9.17, 15) is 14.4 Å². The molecule has 8 nitrogen and oxygen atoms in total. The molecule has 0 saturated carbocycles. The lowest BCUT2D eigenvalue weighted by molar-refractivity contribution is -0.152. The molecular formula is C20H16N4O4. The van der Waals surface area contributed by atoms with Crippen molar-refractivity contribution < 1.29 is 14.3 Å². The predicted octanol–water partition coefficient (Wildman–Crippen LogP) is 1.91. The number of carbonyl (C=O) groups is 2. The molecule has 0 unspecified atom stereocenters. The lowest BCUT2D eigenvalue weighted by Gasteiger charge is -2.14. The summed E-state index contributed by atoms with van der Waals surface area (Å²) >= 11 is 0. The number of carbonyl (C=O) groups excluding carboxylic acids is 2. The lowest BCUT2D eigenvalue weighted by Crippen LogP contribution is -2.30. The predicted molar refractivity (Wildman–Crippen MR) is 101 cm³/mol. The van der Waals surface area contributed by atoms with Crippen molar-refractivity contribution in [3.63, 3.8) is 0 Å². The van der Waals surface area contributed by atoms with Gasteiger partial charge in [-0.2, -0.15) is 10.4 Å². The molecule has 140 valence electrons. The summed E-state index contributed by atoms with van der Waals surface area (Å²) in [5.74, 6) is -1.18. The van der Waals surface area contributed by atoms with Gasteiger partial charge in [-0.05, 0) is 31.2 Å². The molecule has 0 fully saturated rings. The zero-order chi connectivity index (χ0) is 20.1. The van der Waals surface area contributed by atoms with Crippen LogP contribution < -0.4 is 10.9 Å². The summed E-state index contributed by atoms with van der Waals surface area (Å²) in [4.78, 5) is 36.3. The van der Waals surface area contributed by atoms with Crippen LogP contribution in [0.1, 0.15) is 18.2 Å². The average molecular weight is 376 g/mol. The molecule has 1 atom stereocenters. The molecule has 1 aromatic heterocycles. The third-order valence-corrected chi connectivity index (χ3v) is 4.02. The van der Waals surface area contributed by atoms with Crippen LogP contribution >= 0.6 is 0 Å². The van der Waals surface area contributed by atoms with E-state index >= 15 is 0 Å². The van der Waals surface area contributed by atoms with Crippen LogP contribution in [0.2, 0.25) is 0 Å². The number of rotatable bonds is 5. The van der Waals surface area contributed by atoms with E-state index in [0.717, 1.165) is 0 Å². The van der Waals surface area contributed by atoms with Crippen LogP contribution in [0.15, 0.2) is 53.3 Å². The van der Waals surface area contributed by atoms with Crippen LogP contribution in [-0.4, -0.2) is 28.2 Å². The molecule has 0 aliphatic heterocycles. The van der Waals surface area contributed by atoms with Crippen LogP contribution in [0.25, 0.3) is 10.8 Å². The van der Waals surface area contributed by atoms with Gasteiger partial charge in [0.05, 0.1) is 29.1 Å². The number of nitriles is 1. The Morgan fingerprint density at radius 2 is 1.96 bits per heavy atom. The molecule has 0 bridgehead atoms. The first kappa shape index (κ1) is 18.8. The Balaban J connectivity index is 1.66. The smallest absolute Gasteiger partial charge is 0.312 e. The fraction of sp³-hybridized carbons (Fsp3) is 0.150. The van der Waals surface area contributed by atoms with Gasteiger partial charge in [-0.3, -0.25) is 14.4 Å². The number of hydrogen-bond acceptors (Lipinski definition) is 6. The van der Waals surface area contributed by atoms with Crippen LogP contribution in [-0.2, 0) is 20.7 Å². The van der Waals surface area contributed by atoms with Gasteiger partial charge in [-0.1, -0.05) is 24.3 Å². The van der Waals surface area contributed by atoms with E-state index in [2.05, 4.69) is 15.5 Å². The van der Waals surface area contributed by atoms with Gasteiger partial charge in [-0.15, -0.1) is 0 Å². The minimum atomic E-state index is -1.05. The third-order valence-electron chi connectivity index (χ3n) is 4.02. The number of H-pyrrole nitrogens is 1. The lowest BCUT2D eigenvalue weighted by atomic mass is 10.1. The van der Waals surface area contributed by atoms with Gasteiger partial charge in [0.25, 0.3) is 11.5 Å². The molecule has 2 N–H and O–H groups in total. The topological polar surface area (TPSA) is 125 Å². The minimum absolute atomic E-state index is 0.196. The highest BCUT2D eigenvalue weighted by Gasteiger charge is 2.19. The van der Waals surface area contributed by atoms with Crippen molar-refractivity contribution in [2.24, 2.45) is 0 Å². The fourth-order valence-corrected chi connectivity index (χ4v) is 2.65. The van der Waals surface area contributed by atoms with Crippen LogP contribution in [0.4, 0.5) is 5.69 Å². The number of fused-ring (bicyclic) bond motifs is 1. The first-order valence-corrected chi connectivity index (χ1v) is 8.44. The van der Waals surface area contributed by atoms with Crippen molar-refractivity contribution in [1.82, 2.24) is 10.2 Å². The monoisotopic (exact) mass is 376 g/mol. The molecule has 0 spiro atoms. The van der Waals surface area contributed by atoms with Gasteiger partial charge in [0.15, 0.2) is 6.10 Å². The van der Waals surface area contributed by atoms with E-state index < -0.39 is 18.0 Å². The minimum Gasteiger partial charge on any atom is -0.452 e. The molecule has 28 heavy (non-hydrogen) atoms. The molecule has 0 aliphatic carbocycles. The molecule has 0 aliphatic rings. The number of ether oxygens (including phenoxy) is 1. The van der Waals surface area contributed by atoms with E-state index in [4.69, 9.17) is 10.00 Å². The Hall–Kier alpha value is -3.99. The second-order valence-electron chi connectivity index (χ2n) is 6.04. The first-order chi connectivity index (χ1) is 13.5. The Kier molecular flexibility index (Phi) is 5.46. The average Bonchev–Trinajstić information content (AvgIpc) is 2.70. The summed E-state index contributed by atoms with van der Waals surface area (Å²) in [5, 5.41) is 18.7. The summed E-state index contributed by atoms with van der Waals surface area (Å²) in [6.45, 7) is 1.44. The SMILES string of the molecule is C[C@H](OC(=O)Cc1n[nH]c(=O)c2ccccc12)C(=O)Nc1cccc(C#N)c1. The number of hydrogen-bond donors (Lipinski definition) is 2. The highest BCUT2D eigenvalue weighted by Crippen LogP contribution is 2.14. The summed E-state index contributed by atoms with van der Waals surface area (Å²) in [6.07, 6.45) is -1.24. The number of aromatic nitrogens is 2. The largest absolute Gasteiger partial charge is 0.452 e. The third kappa shape index (κ3) is 4.22. The highest BCUT2D eigenvalue weighted by atomic mass is 16.5. The highest BCUT2D eigenvalue weighted by molar-refractivity contribution is 5.95. The van der Waals surface area contributed by atoms with Crippen molar-refractivity contribution in [3.8, 4) is 6.07 Å². The maximum Gasteiger partial charge on any atom is 0.312 e. The molecule has 3 rings (SSSR count). The first-order valence-electron chi connectivity index (χ1n) is 8.44. The Morgan fingerprint density at radius 1 is 1.21 bits per heavy atom. The molecule has 2 aromatic carbocycles. The van der Waals surface area contributed by atoms with Gasteiger partial charge < -0.3 is 10.1 Å². The second kappa shape index (κ2) is 8.14. The zero-order valence-electron chi connectivity index (χ0n) is 14.9. The van der Waals surface area contributed by atoms with Crippen molar-refractivity contribution in [3.05, 3.63) is 70.1 Å². The molecular weight excluding hydrogens is 360 g/mol. The Bertz CT molecular complexity index is 1150. The van der Waals surface area contributed by atoms with E-state index in [1.54, 1.807) is 42.5 Å². The van der Waals surface area contributed by atoms with Crippen molar-refractivity contribution >= 4 is 28.3 Å². The van der Waals surface area contributed by atoms with Gasteiger partial charge in [-0.25, -0.2) is 5.10 Å². The van der Waals surface area contributed by atoms with Gasteiger partial charge in [0.1, 0.15) is 0 Å².